The molecule has 2 rings (SSSR count). The molecule has 0 aliphatic heterocycles. The molecule has 0 aromatic heterocycles. The zero-order valence-electron chi connectivity index (χ0n) is 21.0. The van der Waals surface area contributed by atoms with Crippen LogP contribution in [0.3, 0.4) is 0 Å². The van der Waals surface area contributed by atoms with Crippen molar-refractivity contribution < 1.29 is 0 Å². The summed E-state index contributed by atoms with van der Waals surface area (Å²) in [7, 11) is 0. The number of unbranched alkanes of at least 4 members (excludes halogenated alkanes) is 1. The number of benzene rings is 2. The summed E-state index contributed by atoms with van der Waals surface area (Å²) in [5.41, 5.74) is 8.97. The molecule has 2 aromatic rings. The van der Waals surface area contributed by atoms with E-state index in [0.29, 0.717) is 5.92 Å². The predicted octanol–water partition coefficient (Wildman–Crippen LogP) is 9.17. The van der Waals surface area contributed by atoms with Gasteiger partial charge in [-0.05, 0) is 66.2 Å². The third-order valence-corrected chi connectivity index (χ3v) is 6.03. The number of aryl methyl sites for hydroxylation is 2. The summed E-state index contributed by atoms with van der Waals surface area (Å²) in [5, 5.41) is 0. The van der Waals surface area contributed by atoms with Crippen LogP contribution in [0, 0.1) is 13.8 Å². The second-order valence-corrected chi connectivity index (χ2v) is 11.1. The lowest BCUT2D eigenvalue weighted by Gasteiger charge is -2.32. The third kappa shape index (κ3) is 6.34. The first-order valence-corrected chi connectivity index (χ1v) is 11.8. The van der Waals surface area contributed by atoms with Gasteiger partial charge in [0.25, 0.3) is 0 Å². The lowest BCUT2D eigenvalue weighted by molar-refractivity contribution is 0.556. The molecule has 0 heteroatoms. The largest absolute Gasteiger partial charge is 0.0885 e. The van der Waals surface area contributed by atoms with Gasteiger partial charge in [0.05, 0.1) is 0 Å². The van der Waals surface area contributed by atoms with Crippen LogP contribution in [0.2, 0.25) is 0 Å². The molecule has 0 unspecified atom stereocenters. The van der Waals surface area contributed by atoms with E-state index < -0.39 is 0 Å². The van der Waals surface area contributed by atoms with Gasteiger partial charge < -0.3 is 0 Å². The van der Waals surface area contributed by atoms with Crippen LogP contribution in [0.25, 0.3) is 0 Å². The van der Waals surface area contributed by atoms with Crippen molar-refractivity contribution in [1.29, 1.82) is 0 Å². The number of allylic oxidation sites excluding steroid dienone is 2. The Bertz CT molecular complexity index is 789. The second kappa shape index (κ2) is 9.99. The maximum Gasteiger partial charge on any atom is 0.00983 e. The second-order valence-electron chi connectivity index (χ2n) is 11.1. The van der Waals surface area contributed by atoms with Crippen LogP contribution in [0.4, 0.5) is 0 Å². The summed E-state index contributed by atoms with van der Waals surface area (Å²) in [6, 6.07) is 14.2. The topological polar surface area (TPSA) is 0 Å². The molecule has 0 spiro atoms. The highest BCUT2D eigenvalue weighted by molar-refractivity contribution is 5.48. The fraction of sp³-hybridized carbons (Fsp3) is 0.533. The average molecular weight is 405 g/mol. The first kappa shape index (κ1) is 24.4. The Labute approximate surface area is 186 Å². The van der Waals surface area contributed by atoms with E-state index >= 15 is 0 Å². The minimum atomic E-state index is 0.130. The Morgan fingerprint density at radius 2 is 1.13 bits per heavy atom. The minimum Gasteiger partial charge on any atom is -0.0885 e. The molecule has 0 aliphatic carbocycles. The molecule has 0 amide bonds. The van der Waals surface area contributed by atoms with E-state index in [1.54, 1.807) is 0 Å². The van der Waals surface area contributed by atoms with Crippen LogP contribution in [0.5, 0.6) is 0 Å². The summed E-state index contributed by atoms with van der Waals surface area (Å²) < 4.78 is 0. The van der Waals surface area contributed by atoms with Gasteiger partial charge in [-0.15, -0.1) is 0 Å². The van der Waals surface area contributed by atoms with Gasteiger partial charge in [0.1, 0.15) is 0 Å². The molecule has 30 heavy (non-hydrogen) atoms. The van der Waals surface area contributed by atoms with E-state index in [4.69, 9.17) is 0 Å². The number of rotatable bonds is 7. The first-order valence-electron chi connectivity index (χ1n) is 11.8. The Hall–Kier alpha value is -1.82. The quantitative estimate of drug-likeness (QED) is 0.403. The van der Waals surface area contributed by atoms with Crippen molar-refractivity contribution in [1.82, 2.24) is 0 Å². The van der Waals surface area contributed by atoms with Crippen molar-refractivity contribution in [3.63, 3.8) is 0 Å². The summed E-state index contributed by atoms with van der Waals surface area (Å²) in [6.07, 6.45) is 9.44. The molecule has 164 valence electrons. The number of hydrogen-bond donors (Lipinski definition) is 0. The van der Waals surface area contributed by atoms with Crippen molar-refractivity contribution in [2.45, 2.75) is 105 Å². The van der Waals surface area contributed by atoms with Crippen LogP contribution in [-0.2, 0) is 10.8 Å². The van der Waals surface area contributed by atoms with Gasteiger partial charge in [0.15, 0.2) is 0 Å². The van der Waals surface area contributed by atoms with Crippen LogP contribution in [0.15, 0.2) is 48.6 Å². The van der Waals surface area contributed by atoms with Crippen LogP contribution < -0.4 is 0 Å². The summed E-state index contributed by atoms with van der Waals surface area (Å²) in [6.45, 7) is 20.8. The maximum atomic E-state index is 2.45. The van der Waals surface area contributed by atoms with E-state index in [2.05, 4.69) is 111 Å². The highest BCUT2D eigenvalue weighted by Crippen LogP contribution is 2.41. The van der Waals surface area contributed by atoms with Gasteiger partial charge in [-0.3, -0.25) is 0 Å². The van der Waals surface area contributed by atoms with E-state index in [-0.39, 0.29) is 10.8 Å². The standard InChI is InChI=1S/C30H44/c1-10-11-12-13-14-15-24(25-20-22(2)16-18-27(25)29(4,5)6)26-21-23(3)17-19-28(26)30(7,8)9/h12-13,16-21,24H,10-11,14-15H2,1-9H3/b13-12+. The Balaban J connectivity index is 2.67. The van der Waals surface area contributed by atoms with Gasteiger partial charge >= 0.3 is 0 Å². The van der Waals surface area contributed by atoms with Crippen molar-refractivity contribution in [3.05, 3.63) is 81.9 Å². The molecular formula is C30H44. The van der Waals surface area contributed by atoms with Gasteiger partial charge in [-0.1, -0.05) is 115 Å². The van der Waals surface area contributed by atoms with Crippen LogP contribution >= 0.6 is 0 Å². The van der Waals surface area contributed by atoms with Gasteiger partial charge in [0.2, 0.25) is 0 Å². The predicted molar refractivity (Wildman–Crippen MR) is 135 cm³/mol. The molecule has 0 atom stereocenters. The summed E-state index contributed by atoms with van der Waals surface area (Å²) in [4.78, 5) is 0. The lowest BCUT2D eigenvalue weighted by atomic mass is 9.72. The van der Waals surface area contributed by atoms with E-state index in [9.17, 15) is 0 Å². The molecule has 0 saturated carbocycles. The van der Waals surface area contributed by atoms with Crippen molar-refractivity contribution in [2.24, 2.45) is 0 Å². The molecule has 0 saturated heterocycles. The molecular weight excluding hydrogens is 360 g/mol. The van der Waals surface area contributed by atoms with E-state index in [0.717, 1.165) is 12.8 Å². The van der Waals surface area contributed by atoms with Crippen molar-refractivity contribution in [3.8, 4) is 0 Å². The molecule has 0 heterocycles. The normalized spacial score (nSPS) is 12.9. The lowest BCUT2D eigenvalue weighted by Crippen LogP contribution is -2.20. The Kier molecular flexibility index (Phi) is 8.14. The molecule has 0 fully saturated rings. The summed E-state index contributed by atoms with van der Waals surface area (Å²) in [5.74, 6) is 0.416. The first-order chi connectivity index (χ1) is 13.9. The molecule has 0 N–H and O–H groups in total. The van der Waals surface area contributed by atoms with Crippen molar-refractivity contribution >= 4 is 0 Å². The monoisotopic (exact) mass is 404 g/mol. The third-order valence-electron chi connectivity index (χ3n) is 6.03. The van der Waals surface area contributed by atoms with Crippen LogP contribution in [-0.4, -0.2) is 0 Å². The zero-order valence-corrected chi connectivity index (χ0v) is 21.0. The molecule has 0 nitrogen and oxygen atoms in total. The Morgan fingerprint density at radius 1 is 0.700 bits per heavy atom. The molecule has 0 bridgehead atoms. The smallest absolute Gasteiger partial charge is 0.00983 e. The van der Waals surface area contributed by atoms with Gasteiger partial charge in [-0.2, -0.15) is 0 Å². The average Bonchev–Trinajstić information content (AvgIpc) is 2.62. The molecule has 0 aliphatic rings. The highest BCUT2D eigenvalue weighted by Gasteiger charge is 2.28. The van der Waals surface area contributed by atoms with Gasteiger partial charge in [0, 0.05) is 5.92 Å². The van der Waals surface area contributed by atoms with Crippen LogP contribution in [0.1, 0.15) is 113 Å². The van der Waals surface area contributed by atoms with E-state index in [1.165, 1.54) is 46.2 Å². The molecule has 2 aromatic carbocycles. The molecule has 0 radical (unpaired) electrons. The zero-order chi connectivity index (χ0) is 22.5. The SMILES string of the molecule is CCC/C=C/CCC(c1cc(C)ccc1C(C)(C)C)c1cc(C)ccc1C(C)(C)C. The van der Waals surface area contributed by atoms with Gasteiger partial charge in [-0.25, -0.2) is 0 Å². The fourth-order valence-electron chi connectivity index (χ4n) is 4.45. The van der Waals surface area contributed by atoms with Crippen molar-refractivity contribution in [2.75, 3.05) is 0 Å². The van der Waals surface area contributed by atoms with E-state index in [1.807, 2.05) is 0 Å². The summed E-state index contributed by atoms with van der Waals surface area (Å²) >= 11 is 0. The minimum absolute atomic E-state index is 0.130. The fourth-order valence-corrected chi connectivity index (χ4v) is 4.45. The Morgan fingerprint density at radius 3 is 1.53 bits per heavy atom. The number of hydrogen-bond acceptors (Lipinski definition) is 0. The maximum absolute atomic E-state index is 2.45. The highest BCUT2D eigenvalue weighted by atomic mass is 14.3.